The van der Waals surface area contributed by atoms with Gasteiger partial charge in [0.15, 0.2) is 5.65 Å². The third-order valence-corrected chi connectivity index (χ3v) is 4.47. The van der Waals surface area contributed by atoms with Gasteiger partial charge in [-0.2, -0.15) is 0 Å². The molecule has 3 rings (SSSR count). The zero-order chi connectivity index (χ0) is 16.9. The summed E-state index contributed by atoms with van der Waals surface area (Å²) in [7, 11) is 1.60. The van der Waals surface area contributed by atoms with Gasteiger partial charge in [-0.15, -0.1) is 10.2 Å². The number of rotatable bonds is 7. The molecule has 24 heavy (non-hydrogen) atoms. The van der Waals surface area contributed by atoms with Gasteiger partial charge in [0.05, 0.1) is 12.4 Å². The molecule has 2 N–H and O–H groups in total. The highest BCUT2D eigenvalue weighted by atomic mass is 32.2. The van der Waals surface area contributed by atoms with Crippen LogP contribution in [0.1, 0.15) is 12.5 Å². The number of aromatic nitrogens is 4. The molecule has 0 unspecified atom stereocenters. The number of nitrogens with zero attached hydrogens (tertiary/aromatic N) is 3. The van der Waals surface area contributed by atoms with Crippen molar-refractivity contribution in [3.05, 3.63) is 23.8 Å². The first kappa shape index (κ1) is 16.7. The van der Waals surface area contributed by atoms with Crippen molar-refractivity contribution in [2.24, 2.45) is 0 Å². The van der Waals surface area contributed by atoms with Gasteiger partial charge in [0.25, 0.3) is 0 Å². The SMILES string of the molecule is CCc1ccc2[nH]c3nc(SCC(=O)NCCOC)nnc3c2c1. The Labute approximate surface area is 143 Å². The maximum atomic E-state index is 11.7. The van der Waals surface area contributed by atoms with Gasteiger partial charge in [-0.3, -0.25) is 4.79 Å². The number of benzene rings is 1. The Kier molecular flexibility index (Phi) is 5.27. The minimum atomic E-state index is -0.0787. The molecule has 0 saturated heterocycles. The van der Waals surface area contributed by atoms with Crippen LogP contribution in [0.4, 0.5) is 0 Å². The van der Waals surface area contributed by atoms with Crippen molar-refractivity contribution in [1.82, 2.24) is 25.5 Å². The van der Waals surface area contributed by atoms with Crippen molar-refractivity contribution >= 4 is 39.7 Å². The molecule has 3 aromatic rings. The fourth-order valence-electron chi connectivity index (χ4n) is 2.36. The van der Waals surface area contributed by atoms with E-state index in [1.807, 2.05) is 6.07 Å². The summed E-state index contributed by atoms with van der Waals surface area (Å²) in [6.45, 7) is 3.11. The molecular formula is C16H19N5O2S. The summed E-state index contributed by atoms with van der Waals surface area (Å²) in [5, 5.41) is 12.7. The maximum absolute atomic E-state index is 11.7. The van der Waals surface area contributed by atoms with E-state index in [0.29, 0.717) is 24.0 Å². The molecule has 126 valence electrons. The molecule has 7 nitrogen and oxygen atoms in total. The molecule has 0 spiro atoms. The highest BCUT2D eigenvalue weighted by Crippen LogP contribution is 2.24. The van der Waals surface area contributed by atoms with Crippen LogP contribution in [-0.2, 0) is 16.0 Å². The number of hydrogen-bond donors (Lipinski definition) is 2. The van der Waals surface area contributed by atoms with Crippen molar-refractivity contribution < 1.29 is 9.53 Å². The molecule has 2 heterocycles. The molecule has 0 radical (unpaired) electrons. The number of carbonyl (C=O) groups excluding carboxylic acids is 1. The van der Waals surface area contributed by atoms with Crippen LogP contribution < -0.4 is 5.32 Å². The lowest BCUT2D eigenvalue weighted by Crippen LogP contribution is -2.28. The molecular weight excluding hydrogens is 326 g/mol. The van der Waals surface area contributed by atoms with Crippen LogP contribution in [0, 0.1) is 0 Å². The zero-order valence-electron chi connectivity index (χ0n) is 13.6. The second-order valence-corrected chi connectivity index (χ2v) is 6.22. The van der Waals surface area contributed by atoms with Gasteiger partial charge in [-0.05, 0) is 24.1 Å². The molecule has 0 saturated carbocycles. The van der Waals surface area contributed by atoms with E-state index in [4.69, 9.17) is 4.74 Å². The fourth-order valence-corrected chi connectivity index (χ4v) is 2.97. The predicted molar refractivity (Wildman–Crippen MR) is 94.2 cm³/mol. The Morgan fingerprint density at radius 1 is 1.38 bits per heavy atom. The molecule has 2 aromatic heterocycles. The van der Waals surface area contributed by atoms with Crippen molar-refractivity contribution in [1.29, 1.82) is 0 Å². The van der Waals surface area contributed by atoms with Crippen LogP contribution in [0.2, 0.25) is 0 Å². The van der Waals surface area contributed by atoms with Crippen molar-refractivity contribution in [3.8, 4) is 0 Å². The molecule has 0 aliphatic rings. The summed E-state index contributed by atoms with van der Waals surface area (Å²) in [5.74, 6) is 0.168. The quantitative estimate of drug-likeness (QED) is 0.502. The van der Waals surface area contributed by atoms with E-state index in [-0.39, 0.29) is 11.7 Å². The molecule has 0 bridgehead atoms. The van der Waals surface area contributed by atoms with Crippen molar-refractivity contribution in [3.63, 3.8) is 0 Å². The molecule has 0 fully saturated rings. The average Bonchev–Trinajstić information content (AvgIpc) is 2.97. The minimum Gasteiger partial charge on any atom is -0.383 e. The highest BCUT2D eigenvalue weighted by Gasteiger charge is 2.11. The number of thioether (sulfide) groups is 1. The second kappa shape index (κ2) is 7.59. The van der Waals surface area contributed by atoms with E-state index in [2.05, 4.69) is 44.5 Å². The largest absolute Gasteiger partial charge is 0.383 e. The van der Waals surface area contributed by atoms with Crippen molar-refractivity contribution in [2.45, 2.75) is 18.5 Å². The first-order chi connectivity index (χ1) is 11.7. The Hall–Kier alpha value is -2.19. The molecule has 1 aromatic carbocycles. The summed E-state index contributed by atoms with van der Waals surface area (Å²) in [4.78, 5) is 19.4. The fraction of sp³-hybridized carbons (Fsp3) is 0.375. The smallest absolute Gasteiger partial charge is 0.230 e. The normalized spacial score (nSPS) is 11.2. The number of aromatic amines is 1. The second-order valence-electron chi connectivity index (χ2n) is 5.28. The van der Waals surface area contributed by atoms with E-state index in [9.17, 15) is 4.79 Å². The summed E-state index contributed by atoms with van der Waals surface area (Å²) in [6.07, 6.45) is 0.968. The number of carbonyl (C=O) groups is 1. The molecule has 1 amide bonds. The number of hydrogen-bond acceptors (Lipinski definition) is 6. The van der Waals surface area contributed by atoms with Gasteiger partial charge in [0.1, 0.15) is 5.52 Å². The number of fused-ring (bicyclic) bond motifs is 3. The zero-order valence-corrected chi connectivity index (χ0v) is 14.4. The lowest BCUT2D eigenvalue weighted by molar-refractivity contribution is -0.118. The van der Waals surface area contributed by atoms with Gasteiger partial charge < -0.3 is 15.0 Å². The summed E-state index contributed by atoms with van der Waals surface area (Å²) >= 11 is 1.26. The van der Waals surface area contributed by atoms with E-state index >= 15 is 0 Å². The average molecular weight is 345 g/mol. The van der Waals surface area contributed by atoms with Crippen LogP contribution >= 0.6 is 11.8 Å². The topological polar surface area (TPSA) is 92.8 Å². The molecule has 0 atom stereocenters. The highest BCUT2D eigenvalue weighted by molar-refractivity contribution is 7.99. The van der Waals surface area contributed by atoms with E-state index in [0.717, 1.165) is 22.8 Å². The lowest BCUT2D eigenvalue weighted by atomic mass is 10.1. The number of methoxy groups -OCH3 is 1. The minimum absolute atomic E-state index is 0.0787. The summed E-state index contributed by atoms with van der Waals surface area (Å²) in [5.41, 5.74) is 3.68. The van der Waals surface area contributed by atoms with Gasteiger partial charge in [-0.25, -0.2) is 4.98 Å². The summed E-state index contributed by atoms with van der Waals surface area (Å²) in [6, 6.07) is 6.24. The first-order valence-electron chi connectivity index (χ1n) is 7.74. The number of nitrogens with one attached hydrogen (secondary N) is 2. The van der Waals surface area contributed by atoms with E-state index in [1.54, 1.807) is 7.11 Å². The van der Waals surface area contributed by atoms with Gasteiger partial charge in [0.2, 0.25) is 11.1 Å². The maximum Gasteiger partial charge on any atom is 0.230 e. The van der Waals surface area contributed by atoms with E-state index in [1.165, 1.54) is 17.3 Å². The standard InChI is InChI=1S/C16H19N5O2S/c1-3-10-4-5-12-11(8-10)14-15(18-12)19-16(21-20-14)24-9-13(22)17-6-7-23-2/h4-5,8H,3,6-7,9H2,1-2H3,(H,17,22)(H,18,19,21). The van der Waals surface area contributed by atoms with Crippen LogP contribution in [0.25, 0.3) is 22.1 Å². The number of H-pyrrole nitrogens is 1. The Bertz CT molecular complexity index is 864. The van der Waals surface area contributed by atoms with Gasteiger partial charge >= 0.3 is 0 Å². The predicted octanol–water partition coefficient (Wildman–Crippen LogP) is 1.92. The van der Waals surface area contributed by atoms with Gasteiger partial charge in [0, 0.05) is 24.6 Å². The van der Waals surface area contributed by atoms with E-state index < -0.39 is 0 Å². The number of aryl methyl sites for hydroxylation is 1. The Balaban J connectivity index is 1.74. The number of ether oxygens (including phenoxy) is 1. The van der Waals surface area contributed by atoms with Crippen LogP contribution in [0.3, 0.4) is 0 Å². The first-order valence-corrected chi connectivity index (χ1v) is 8.73. The van der Waals surface area contributed by atoms with Crippen molar-refractivity contribution in [2.75, 3.05) is 26.0 Å². The lowest BCUT2D eigenvalue weighted by Gasteiger charge is -2.03. The third kappa shape index (κ3) is 3.65. The van der Waals surface area contributed by atoms with Crippen LogP contribution in [0.5, 0.6) is 0 Å². The molecule has 0 aliphatic carbocycles. The van der Waals surface area contributed by atoms with Gasteiger partial charge in [-0.1, -0.05) is 24.8 Å². The molecule has 8 heteroatoms. The third-order valence-electron chi connectivity index (χ3n) is 3.63. The monoisotopic (exact) mass is 345 g/mol. The summed E-state index contributed by atoms with van der Waals surface area (Å²) < 4.78 is 4.89. The van der Waals surface area contributed by atoms with Crippen LogP contribution in [0.15, 0.2) is 23.4 Å². The Morgan fingerprint density at radius 3 is 3.04 bits per heavy atom. The number of amides is 1. The molecule has 0 aliphatic heterocycles. The van der Waals surface area contributed by atoms with Crippen LogP contribution in [-0.4, -0.2) is 52.1 Å². The Morgan fingerprint density at radius 2 is 2.25 bits per heavy atom.